The Kier molecular flexibility index (Phi) is 6.18. The lowest BCUT2D eigenvalue weighted by Gasteiger charge is -2.34. The van der Waals surface area contributed by atoms with Gasteiger partial charge in [0.05, 0.1) is 17.6 Å². The number of fused-ring (bicyclic) bond motifs is 1. The van der Waals surface area contributed by atoms with E-state index in [-0.39, 0.29) is 12.0 Å². The van der Waals surface area contributed by atoms with Crippen LogP contribution in [0.2, 0.25) is 0 Å². The van der Waals surface area contributed by atoms with Crippen LogP contribution >= 0.6 is 0 Å². The first kappa shape index (κ1) is 20.6. The molecule has 7 nitrogen and oxygen atoms in total. The van der Waals surface area contributed by atoms with Gasteiger partial charge < -0.3 is 19.9 Å². The van der Waals surface area contributed by atoms with Crippen LogP contribution in [0.5, 0.6) is 5.88 Å². The second-order valence-corrected chi connectivity index (χ2v) is 8.35. The minimum Gasteiger partial charge on any atom is -0.474 e. The predicted octanol–water partition coefficient (Wildman–Crippen LogP) is 2.65. The average Bonchev–Trinajstić information content (AvgIpc) is 2.78. The van der Waals surface area contributed by atoms with E-state index in [4.69, 9.17) is 9.72 Å². The zero-order valence-electron chi connectivity index (χ0n) is 18.1. The van der Waals surface area contributed by atoms with Crippen molar-refractivity contribution in [1.29, 1.82) is 0 Å². The van der Waals surface area contributed by atoms with E-state index in [0.29, 0.717) is 11.7 Å². The van der Waals surface area contributed by atoms with Gasteiger partial charge in [-0.05, 0) is 44.4 Å². The lowest BCUT2D eigenvalue weighted by molar-refractivity contribution is 0.0811. The number of anilines is 1. The monoisotopic (exact) mass is 409 g/mol. The van der Waals surface area contributed by atoms with Crippen LogP contribution in [0.15, 0.2) is 30.5 Å². The Bertz CT molecular complexity index is 876. The maximum atomic E-state index is 11.7. The number of piperidine rings is 1. The number of pyridine rings is 2. The fourth-order valence-electron chi connectivity index (χ4n) is 4.20. The van der Waals surface area contributed by atoms with Crippen molar-refractivity contribution in [3.8, 4) is 5.88 Å². The van der Waals surface area contributed by atoms with Crippen molar-refractivity contribution in [3.63, 3.8) is 0 Å². The topological polar surface area (TPSA) is 70.6 Å². The van der Waals surface area contributed by atoms with E-state index in [0.717, 1.165) is 62.7 Å². The number of carbonyl (C=O) groups excluding carboxylic acids is 1. The Balaban J connectivity index is 1.37. The maximum absolute atomic E-state index is 11.7. The van der Waals surface area contributed by atoms with Gasteiger partial charge in [0.15, 0.2) is 0 Å². The third-order valence-electron chi connectivity index (χ3n) is 6.09. The number of hydrogen-bond donors (Lipinski definition) is 1. The van der Waals surface area contributed by atoms with Gasteiger partial charge in [-0.15, -0.1) is 0 Å². The van der Waals surface area contributed by atoms with Crippen molar-refractivity contribution in [3.05, 3.63) is 47.4 Å². The molecule has 1 saturated heterocycles. The summed E-state index contributed by atoms with van der Waals surface area (Å²) < 4.78 is 6.21. The third kappa shape index (κ3) is 4.56. The van der Waals surface area contributed by atoms with Gasteiger partial charge in [-0.2, -0.15) is 0 Å². The number of likely N-dealkylation sites (tertiary alicyclic amines) is 1. The second-order valence-electron chi connectivity index (χ2n) is 8.35. The minimum absolute atomic E-state index is 0.169. The first-order chi connectivity index (χ1) is 14.5. The number of carbonyl (C=O) groups is 1. The van der Waals surface area contributed by atoms with Crippen molar-refractivity contribution in [2.75, 3.05) is 31.6 Å². The van der Waals surface area contributed by atoms with Crippen molar-refractivity contribution in [2.24, 2.45) is 0 Å². The van der Waals surface area contributed by atoms with Crippen LogP contribution in [0.4, 0.5) is 5.69 Å². The maximum Gasteiger partial charge on any atom is 0.269 e. The predicted molar refractivity (Wildman–Crippen MR) is 117 cm³/mol. The van der Waals surface area contributed by atoms with E-state index in [9.17, 15) is 4.79 Å². The molecule has 0 unspecified atom stereocenters. The standard InChI is InChI=1S/C23H31N5O2/c1-16(2)27-11-8-19(9-12-27)30-22-7-4-17-15-28(13-10-20(17)26-22)18-5-6-21(25-14-18)23(29)24-3/h4-7,14,16,19H,8-13,15H2,1-3H3,(H,24,29). The lowest BCUT2D eigenvalue weighted by atomic mass is 10.0. The first-order valence-electron chi connectivity index (χ1n) is 10.9. The number of aromatic nitrogens is 2. The van der Waals surface area contributed by atoms with Crippen molar-refractivity contribution < 1.29 is 9.53 Å². The van der Waals surface area contributed by atoms with E-state index >= 15 is 0 Å². The van der Waals surface area contributed by atoms with E-state index in [1.807, 2.05) is 12.1 Å². The summed E-state index contributed by atoms with van der Waals surface area (Å²) >= 11 is 0. The van der Waals surface area contributed by atoms with Crippen molar-refractivity contribution in [1.82, 2.24) is 20.2 Å². The molecule has 4 rings (SSSR count). The number of hydrogen-bond acceptors (Lipinski definition) is 6. The van der Waals surface area contributed by atoms with Gasteiger partial charge in [0.2, 0.25) is 5.88 Å². The molecule has 0 spiro atoms. The molecule has 30 heavy (non-hydrogen) atoms. The Morgan fingerprint density at radius 3 is 2.63 bits per heavy atom. The van der Waals surface area contributed by atoms with Gasteiger partial charge >= 0.3 is 0 Å². The normalized spacial score (nSPS) is 17.7. The molecule has 0 radical (unpaired) electrons. The second kappa shape index (κ2) is 9.00. The fraction of sp³-hybridized carbons (Fsp3) is 0.522. The molecule has 1 N–H and O–H groups in total. The summed E-state index contributed by atoms with van der Waals surface area (Å²) in [5.41, 5.74) is 3.80. The van der Waals surface area contributed by atoms with Gasteiger partial charge in [0.1, 0.15) is 11.8 Å². The van der Waals surface area contributed by atoms with Gasteiger partial charge in [0.25, 0.3) is 5.91 Å². The molecule has 4 heterocycles. The van der Waals surface area contributed by atoms with Crippen LogP contribution in [0.3, 0.4) is 0 Å². The Hall–Kier alpha value is -2.67. The van der Waals surface area contributed by atoms with Gasteiger partial charge in [-0.1, -0.05) is 6.07 Å². The van der Waals surface area contributed by atoms with Gasteiger partial charge in [-0.25, -0.2) is 9.97 Å². The highest BCUT2D eigenvalue weighted by atomic mass is 16.5. The summed E-state index contributed by atoms with van der Waals surface area (Å²) in [6.45, 7) is 8.35. The van der Waals surface area contributed by atoms with E-state index in [2.05, 4.69) is 40.0 Å². The smallest absolute Gasteiger partial charge is 0.269 e. The van der Waals surface area contributed by atoms with Crippen LogP contribution in [0, 0.1) is 0 Å². The molecule has 0 aromatic carbocycles. The summed E-state index contributed by atoms with van der Waals surface area (Å²) in [5, 5.41) is 2.60. The number of ether oxygens (including phenoxy) is 1. The summed E-state index contributed by atoms with van der Waals surface area (Å²) in [5.74, 6) is 0.582. The third-order valence-corrected chi connectivity index (χ3v) is 6.09. The largest absolute Gasteiger partial charge is 0.474 e. The Morgan fingerprint density at radius 2 is 1.97 bits per heavy atom. The molecule has 1 fully saturated rings. The highest BCUT2D eigenvalue weighted by Gasteiger charge is 2.24. The van der Waals surface area contributed by atoms with Crippen molar-refractivity contribution in [2.45, 2.75) is 51.8 Å². The number of nitrogens with zero attached hydrogens (tertiary/aromatic N) is 4. The molecule has 2 aliphatic heterocycles. The van der Waals surface area contributed by atoms with Crippen molar-refractivity contribution >= 4 is 11.6 Å². The molecular weight excluding hydrogens is 378 g/mol. The van der Waals surface area contributed by atoms with E-state index in [1.165, 1.54) is 5.56 Å². The van der Waals surface area contributed by atoms with Crippen LogP contribution < -0.4 is 15.0 Å². The van der Waals surface area contributed by atoms with Crippen LogP contribution in [-0.4, -0.2) is 59.6 Å². The molecule has 0 saturated carbocycles. The molecule has 160 valence electrons. The Labute approximate surface area is 178 Å². The van der Waals surface area contributed by atoms with Crippen LogP contribution in [0.25, 0.3) is 0 Å². The Morgan fingerprint density at radius 1 is 1.17 bits per heavy atom. The quantitative estimate of drug-likeness (QED) is 0.819. The molecule has 7 heteroatoms. The molecule has 2 aliphatic rings. The van der Waals surface area contributed by atoms with E-state index < -0.39 is 0 Å². The summed E-state index contributed by atoms with van der Waals surface area (Å²) in [7, 11) is 1.61. The number of nitrogens with one attached hydrogen (secondary N) is 1. The van der Waals surface area contributed by atoms with Gasteiger partial charge in [0, 0.05) is 51.8 Å². The number of rotatable bonds is 5. The highest BCUT2D eigenvalue weighted by Crippen LogP contribution is 2.26. The number of amides is 1. The zero-order chi connectivity index (χ0) is 21.1. The van der Waals surface area contributed by atoms with Crippen LogP contribution in [-0.2, 0) is 13.0 Å². The molecule has 2 aromatic heterocycles. The molecule has 0 atom stereocenters. The summed E-state index contributed by atoms with van der Waals surface area (Å²) in [6, 6.07) is 8.47. The molecule has 0 aliphatic carbocycles. The average molecular weight is 410 g/mol. The zero-order valence-corrected chi connectivity index (χ0v) is 18.1. The minimum atomic E-state index is -0.169. The molecule has 0 bridgehead atoms. The summed E-state index contributed by atoms with van der Waals surface area (Å²) in [4.78, 5) is 25.5. The fourth-order valence-corrected chi connectivity index (χ4v) is 4.20. The molecular formula is C23H31N5O2. The highest BCUT2D eigenvalue weighted by molar-refractivity contribution is 5.92. The molecule has 1 amide bonds. The van der Waals surface area contributed by atoms with Crippen LogP contribution in [0.1, 0.15) is 48.4 Å². The lowest BCUT2D eigenvalue weighted by Crippen LogP contribution is -2.41. The molecule has 2 aromatic rings. The van der Waals surface area contributed by atoms with E-state index in [1.54, 1.807) is 19.3 Å². The first-order valence-corrected chi connectivity index (χ1v) is 10.9. The SMILES string of the molecule is CNC(=O)c1ccc(N2CCc3nc(OC4CCN(C(C)C)CC4)ccc3C2)cn1. The summed E-state index contributed by atoms with van der Waals surface area (Å²) in [6.07, 6.45) is 5.02. The van der Waals surface area contributed by atoms with Gasteiger partial charge in [-0.3, -0.25) is 4.79 Å².